The molecule has 214 valence electrons. The van der Waals surface area contributed by atoms with E-state index in [1.54, 1.807) is 0 Å². The lowest BCUT2D eigenvalue weighted by Gasteiger charge is -2.23. The Kier molecular flexibility index (Phi) is 11.9. The minimum atomic E-state index is -1.17. The number of nitrogens with zero attached hydrogens (tertiary/aromatic N) is 2. The summed E-state index contributed by atoms with van der Waals surface area (Å²) in [7, 11) is 0. The molecule has 0 aliphatic heterocycles. The number of amides is 2. The first-order chi connectivity index (χ1) is 19.2. The maximum atomic E-state index is 13.0. The number of Topliss-reactive ketones (excluding diaryl/α,β-unsaturated/α-hetero) is 1. The van der Waals surface area contributed by atoms with Crippen LogP contribution in [0, 0.1) is 5.92 Å². The second-order valence-corrected chi connectivity index (χ2v) is 10.2. The fourth-order valence-corrected chi connectivity index (χ4v) is 4.22. The van der Waals surface area contributed by atoms with Crippen LogP contribution >= 0.6 is 0 Å². The normalized spacial score (nSPS) is 13.3. The molecule has 3 atom stereocenters. The smallest absolute Gasteiger partial charge is 0.426 e. The zero-order valence-electron chi connectivity index (χ0n) is 23.0. The summed E-state index contributed by atoms with van der Waals surface area (Å²) < 4.78 is 6.51. The number of aliphatic hydroxyl groups excluding tert-OH is 1. The molecule has 0 saturated carbocycles. The molecule has 2 amide bonds. The summed E-state index contributed by atoms with van der Waals surface area (Å²) >= 11 is 0. The maximum Gasteiger partial charge on any atom is 0.426 e. The van der Waals surface area contributed by atoms with Crippen molar-refractivity contribution in [2.75, 3.05) is 5.43 Å². The monoisotopic (exact) mass is 549 g/mol. The summed E-state index contributed by atoms with van der Waals surface area (Å²) in [6.07, 6.45) is 3.25. The van der Waals surface area contributed by atoms with Crippen molar-refractivity contribution in [3.05, 3.63) is 90.0 Å². The first-order valence-electron chi connectivity index (χ1n) is 13.5. The van der Waals surface area contributed by atoms with Crippen LogP contribution in [0.15, 0.2) is 73.2 Å². The van der Waals surface area contributed by atoms with Crippen LogP contribution in [-0.2, 0) is 33.8 Å². The molecule has 0 spiro atoms. The third-order valence-corrected chi connectivity index (χ3v) is 6.32. The van der Waals surface area contributed by atoms with E-state index < -0.39 is 36.0 Å². The average molecular weight is 550 g/mol. The van der Waals surface area contributed by atoms with Gasteiger partial charge in [0.15, 0.2) is 5.78 Å². The molecule has 0 aliphatic rings. The Morgan fingerprint density at radius 3 is 2.33 bits per heavy atom. The van der Waals surface area contributed by atoms with E-state index in [-0.39, 0.29) is 18.9 Å². The predicted molar refractivity (Wildman–Crippen MR) is 152 cm³/mol. The van der Waals surface area contributed by atoms with Crippen molar-refractivity contribution in [2.45, 2.75) is 70.7 Å². The van der Waals surface area contributed by atoms with Gasteiger partial charge in [-0.25, -0.2) is 19.9 Å². The molecule has 1 heterocycles. The summed E-state index contributed by atoms with van der Waals surface area (Å²) in [5.74, 6) is -0.810. The summed E-state index contributed by atoms with van der Waals surface area (Å²) in [4.78, 5) is 42.1. The third kappa shape index (κ3) is 10.3. The van der Waals surface area contributed by atoms with Crippen molar-refractivity contribution in [3.8, 4) is 0 Å². The second-order valence-electron chi connectivity index (χ2n) is 10.2. The van der Waals surface area contributed by atoms with Crippen LogP contribution in [0.2, 0.25) is 0 Å². The van der Waals surface area contributed by atoms with Gasteiger partial charge >= 0.3 is 6.09 Å². The summed E-state index contributed by atoms with van der Waals surface area (Å²) in [6.45, 7) is 4.01. The maximum absolute atomic E-state index is 13.0. The molecule has 2 aromatic carbocycles. The van der Waals surface area contributed by atoms with Crippen LogP contribution in [-0.4, -0.2) is 50.7 Å². The highest BCUT2D eigenvalue weighted by molar-refractivity contribution is 5.93. The highest BCUT2D eigenvalue weighted by Crippen LogP contribution is 2.13. The van der Waals surface area contributed by atoms with E-state index in [2.05, 4.69) is 15.7 Å². The largest absolute Gasteiger partial charge is 0.443 e. The molecule has 10 heteroatoms. The van der Waals surface area contributed by atoms with Gasteiger partial charge in [0.05, 0.1) is 17.8 Å². The van der Waals surface area contributed by atoms with Gasteiger partial charge in [0.25, 0.3) is 0 Å². The van der Waals surface area contributed by atoms with Gasteiger partial charge in [-0.3, -0.25) is 9.59 Å². The van der Waals surface area contributed by atoms with Crippen molar-refractivity contribution in [3.63, 3.8) is 0 Å². The van der Waals surface area contributed by atoms with Gasteiger partial charge in [-0.1, -0.05) is 74.5 Å². The van der Waals surface area contributed by atoms with Gasteiger partial charge in [0, 0.05) is 12.6 Å². The van der Waals surface area contributed by atoms with E-state index in [0.29, 0.717) is 25.0 Å². The van der Waals surface area contributed by atoms with E-state index in [4.69, 9.17) is 10.5 Å². The van der Waals surface area contributed by atoms with Crippen LogP contribution in [0.1, 0.15) is 49.9 Å². The molecule has 0 fully saturated rings. The molecule has 0 aliphatic carbocycles. The number of nitrogens with one attached hydrogen (secondary N) is 2. The Morgan fingerprint density at radius 1 is 1.02 bits per heavy atom. The fraction of sp³-hybridized carbons (Fsp3) is 0.400. The lowest BCUT2D eigenvalue weighted by molar-refractivity contribution is -0.134. The van der Waals surface area contributed by atoms with Crippen molar-refractivity contribution < 1.29 is 24.2 Å². The molecule has 0 radical (unpaired) electrons. The summed E-state index contributed by atoms with van der Waals surface area (Å²) in [6, 6.07) is 17.3. The SMILES string of the molecule is CC(C)C[C@H](NC(=O)[C@@H](N)Cc1cn(NC(=O)OCc2ccccc2)cn1)C(=O)C(O)CCCc1ccccc1. The summed E-state index contributed by atoms with van der Waals surface area (Å²) in [5.41, 5.74) is 11.1. The van der Waals surface area contributed by atoms with E-state index in [1.807, 2.05) is 74.5 Å². The van der Waals surface area contributed by atoms with E-state index in [9.17, 15) is 19.5 Å². The lowest BCUT2D eigenvalue weighted by Crippen LogP contribution is -2.51. The molecular weight excluding hydrogens is 510 g/mol. The van der Waals surface area contributed by atoms with Gasteiger partial charge < -0.3 is 20.9 Å². The Balaban J connectivity index is 1.47. The second kappa shape index (κ2) is 15.5. The van der Waals surface area contributed by atoms with Crippen LogP contribution < -0.4 is 16.5 Å². The molecular formula is C30H39N5O5. The molecule has 10 nitrogen and oxygen atoms in total. The van der Waals surface area contributed by atoms with E-state index in [0.717, 1.165) is 17.5 Å². The lowest BCUT2D eigenvalue weighted by atomic mass is 9.94. The molecule has 0 bridgehead atoms. The first kappa shape index (κ1) is 30.5. The predicted octanol–water partition coefficient (Wildman–Crippen LogP) is 3.12. The zero-order valence-corrected chi connectivity index (χ0v) is 23.0. The summed E-state index contributed by atoms with van der Waals surface area (Å²) in [5, 5.41) is 13.3. The molecule has 1 unspecified atom stereocenters. The van der Waals surface area contributed by atoms with Crippen molar-refractivity contribution in [1.82, 2.24) is 15.0 Å². The molecule has 3 aromatic rings. The number of aryl methyl sites for hydroxylation is 1. The molecule has 3 rings (SSSR count). The Hall–Kier alpha value is -4.02. The van der Waals surface area contributed by atoms with Crippen LogP contribution in [0.25, 0.3) is 0 Å². The van der Waals surface area contributed by atoms with Gasteiger partial charge in [-0.15, -0.1) is 0 Å². The Labute approximate surface area is 234 Å². The molecule has 40 heavy (non-hydrogen) atoms. The number of benzene rings is 2. The number of hydrogen-bond acceptors (Lipinski definition) is 7. The van der Waals surface area contributed by atoms with Crippen molar-refractivity contribution in [2.24, 2.45) is 11.7 Å². The fourth-order valence-electron chi connectivity index (χ4n) is 4.22. The highest BCUT2D eigenvalue weighted by atomic mass is 16.6. The zero-order chi connectivity index (χ0) is 28.9. The number of hydrogen-bond donors (Lipinski definition) is 4. The first-order valence-corrected chi connectivity index (χ1v) is 13.5. The van der Waals surface area contributed by atoms with Gasteiger partial charge in [0.2, 0.25) is 5.91 Å². The minimum Gasteiger partial charge on any atom is -0.443 e. The van der Waals surface area contributed by atoms with Crippen molar-refractivity contribution in [1.29, 1.82) is 0 Å². The number of ketones is 1. The van der Waals surface area contributed by atoms with Gasteiger partial charge in [-0.2, -0.15) is 0 Å². The molecule has 5 N–H and O–H groups in total. The quantitative estimate of drug-likeness (QED) is 0.228. The number of rotatable bonds is 15. The highest BCUT2D eigenvalue weighted by Gasteiger charge is 2.29. The van der Waals surface area contributed by atoms with Gasteiger partial charge in [-0.05, 0) is 42.7 Å². The van der Waals surface area contributed by atoms with Crippen LogP contribution in [0.3, 0.4) is 0 Å². The Bertz CT molecular complexity index is 1220. The number of imidazole rings is 1. The number of aromatic nitrogens is 2. The van der Waals surface area contributed by atoms with E-state index >= 15 is 0 Å². The number of nitrogens with two attached hydrogens (primary N) is 1. The van der Waals surface area contributed by atoms with E-state index in [1.165, 1.54) is 17.2 Å². The number of ether oxygens (including phenoxy) is 1. The minimum absolute atomic E-state index is 0.0851. The van der Waals surface area contributed by atoms with Gasteiger partial charge in [0.1, 0.15) is 19.0 Å². The van der Waals surface area contributed by atoms with Crippen molar-refractivity contribution >= 4 is 17.8 Å². The average Bonchev–Trinajstić information content (AvgIpc) is 3.38. The topological polar surface area (TPSA) is 149 Å². The third-order valence-electron chi connectivity index (χ3n) is 6.32. The molecule has 1 aromatic heterocycles. The standard InChI is InChI=1S/C30H39N5O5/c1-21(2)16-26(28(37)27(36)15-9-14-22-10-5-3-6-11-22)33-29(38)25(31)17-24-18-35(20-32-24)34-30(39)40-19-23-12-7-4-8-13-23/h3-8,10-13,18,20-21,25-27,36H,9,14-17,19,31H2,1-2H3,(H,33,38)(H,34,39)/t25-,26-,27?/m0/s1. The molecule has 0 saturated heterocycles. The number of aliphatic hydroxyl groups is 1. The number of carbonyl (C=O) groups excluding carboxylic acids is 3. The number of carbonyl (C=O) groups is 3. The van der Waals surface area contributed by atoms with Crippen LogP contribution in [0.4, 0.5) is 4.79 Å². The Morgan fingerprint density at radius 2 is 1.68 bits per heavy atom. The van der Waals surface area contributed by atoms with Crippen LogP contribution in [0.5, 0.6) is 0 Å².